The summed E-state index contributed by atoms with van der Waals surface area (Å²) in [5, 5.41) is 3.03. The Hall–Kier alpha value is -3.44. The molecule has 11 heteroatoms. The highest BCUT2D eigenvalue weighted by molar-refractivity contribution is 7.19. The van der Waals surface area contributed by atoms with E-state index >= 15 is 0 Å². The second-order valence-corrected chi connectivity index (χ2v) is 8.40. The number of alkyl halides is 3. The molecule has 4 rings (SSSR count). The highest BCUT2D eigenvalue weighted by Crippen LogP contribution is 2.35. The third kappa shape index (κ3) is 5.91. The Kier molecular flexibility index (Phi) is 7.13. The monoisotopic (exact) mass is 491 g/mol. The van der Waals surface area contributed by atoms with Crippen LogP contribution in [0.3, 0.4) is 0 Å². The zero-order valence-electron chi connectivity index (χ0n) is 17.8. The van der Waals surface area contributed by atoms with Gasteiger partial charge in [0, 0.05) is 19.2 Å². The molecule has 3 aromatic rings. The Morgan fingerprint density at radius 1 is 1.18 bits per heavy atom. The number of benzene rings is 2. The van der Waals surface area contributed by atoms with E-state index < -0.39 is 30.2 Å². The zero-order valence-corrected chi connectivity index (χ0v) is 18.6. The summed E-state index contributed by atoms with van der Waals surface area (Å²) in [6.07, 6.45) is -1.94. The molecule has 1 saturated heterocycles. The molecule has 0 bridgehead atoms. The van der Waals surface area contributed by atoms with Gasteiger partial charge in [-0.25, -0.2) is 9.78 Å². The average Bonchev–Trinajstić information content (AvgIpc) is 3.24. The predicted octanol–water partition coefficient (Wildman–Crippen LogP) is 4.35. The number of hydrogen-bond acceptors (Lipinski definition) is 7. The van der Waals surface area contributed by atoms with Crippen LogP contribution < -0.4 is 10.2 Å². The van der Waals surface area contributed by atoms with Gasteiger partial charge < -0.3 is 19.7 Å². The highest BCUT2D eigenvalue weighted by atomic mass is 32.1. The van der Waals surface area contributed by atoms with Gasteiger partial charge in [-0.05, 0) is 36.4 Å². The molecule has 0 spiro atoms. The minimum Gasteiger partial charge on any atom is -0.452 e. The van der Waals surface area contributed by atoms with Gasteiger partial charge in [0.25, 0.3) is 5.91 Å². The fourth-order valence-electron chi connectivity index (χ4n) is 3.36. The SMILES string of the molecule is O=C(COC(=O)/C=C/c1nc2ccccc2s1)Nc1cc(C(F)(F)F)ccc1N1CCOCC1. The molecule has 178 valence electrons. The Balaban J connectivity index is 1.39. The normalized spacial score (nSPS) is 14.5. The van der Waals surface area contributed by atoms with Gasteiger partial charge in [0.05, 0.1) is 40.4 Å². The van der Waals surface area contributed by atoms with Crippen molar-refractivity contribution in [3.63, 3.8) is 0 Å². The lowest BCUT2D eigenvalue weighted by atomic mass is 10.1. The van der Waals surface area contributed by atoms with Crippen LogP contribution in [0.1, 0.15) is 10.6 Å². The lowest BCUT2D eigenvalue weighted by molar-refractivity contribution is -0.142. The number of hydrogen-bond donors (Lipinski definition) is 1. The molecule has 0 radical (unpaired) electrons. The number of amides is 1. The number of morpholine rings is 1. The van der Waals surface area contributed by atoms with E-state index in [9.17, 15) is 22.8 Å². The maximum Gasteiger partial charge on any atom is 0.416 e. The minimum absolute atomic E-state index is 0.0113. The van der Waals surface area contributed by atoms with Crippen molar-refractivity contribution in [2.45, 2.75) is 6.18 Å². The molecule has 1 N–H and O–H groups in total. The zero-order chi connectivity index (χ0) is 24.1. The minimum atomic E-state index is -4.57. The molecule has 1 aromatic heterocycles. The maximum atomic E-state index is 13.2. The summed E-state index contributed by atoms with van der Waals surface area (Å²) in [5.41, 5.74) is 0.335. The summed E-state index contributed by atoms with van der Waals surface area (Å²) in [4.78, 5) is 30.5. The van der Waals surface area contributed by atoms with Crippen molar-refractivity contribution in [1.82, 2.24) is 4.98 Å². The van der Waals surface area contributed by atoms with Crippen LogP contribution in [0.25, 0.3) is 16.3 Å². The van der Waals surface area contributed by atoms with Crippen LogP contribution in [0.15, 0.2) is 48.5 Å². The molecule has 2 aromatic carbocycles. The number of esters is 1. The Labute approximate surface area is 196 Å². The van der Waals surface area contributed by atoms with Crippen LogP contribution in [0.2, 0.25) is 0 Å². The van der Waals surface area contributed by atoms with Gasteiger partial charge in [-0.3, -0.25) is 4.79 Å². The van der Waals surface area contributed by atoms with Gasteiger partial charge in [-0.1, -0.05) is 12.1 Å². The summed E-state index contributed by atoms with van der Waals surface area (Å²) < 4.78 is 50.8. The quantitative estimate of drug-likeness (QED) is 0.408. The molecule has 1 aliphatic heterocycles. The number of fused-ring (bicyclic) bond motifs is 1. The smallest absolute Gasteiger partial charge is 0.416 e. The van der Waals surface area contributed by atoms with Crippen molar-refractivity contribution in [3.8, 4) is 0 Å². The van der Waals surface area contributed by atoms with Crippen LogP contribution in [0.5, 0.6) is 0 Å². The molecular formula is C23H20F3N3O4S. The Morgan fingerprint density at radius 2 is 1.94 bits per heavy atom. The first-order valence-electron chi connectivity index (χ1n) is 10.3. The number of rotatable bonds is 6. The van der Waals surface area contributed by atoms with E-state index in [0.717, 1.165) is 28.4 Å². The van der Waals surface area contributed by atoms with Gasteiger partial charge in [-0.15, -0.1) is 11.3 Å². The van der Waals surface area contributed by atoms with Crippen LogP contribution in [-0.2, 0) is 25.2 Å². The van der Waals surface area contributed by atoms with Crippen molar-refractivity contribution in [2.24, 2.45) is 0 Å². The maximum absolute atomic E-state index is 13.2. The molecule has 0 atom stereocenters. The molecule has 2 heterocycles. The molecule has 1 amide bonds. The van der Waals surface area contributed by atoms with Crippen molar-refractivity contribution < 1.29 is 32.2 Å². The summed E-state index contributed by atoms with van der Waals surface area (Å²) in [6.45, 7) is 1.14. The standard InChI is InChI=1S/C23H20F3N3O4S/c24-23(25,26)15-5-6-18(29-9-11-32-12-10-29)17(13-15)27-20(30)14-33-22(31)8-7-21-28-16-3-1-2-4-19(16)34-21/h1-8,13H,9-12,14H2,(H,27,30)/b8-7+. The Bertz CT molecular complexity index is 1190. The Morgan fingerprint density at radius 3 is 2.68 bits per heavy atom. The molecule has 0 aliphatic carbocycles. The lowest BCUT2D eigenvalue weighted by Crippen LogP contribution is -2.37. The number of halogens is 3. The number of ether oxygens (including phenoxy) is 2. The number of carbonyl (C=O) groups is 2. The summed E-state index contributed by atoms with van der Waals surface area (Å²) in [6, 6.07) is 10.7. The third-order valence-corrected chi connectivity index (χ3v) is 5.97. The van der Waals surface area contributed by atoms with E-state index in [4.69, 9.17) is 9.47 Å². The van der Waals surface area contributed by atoms with Gasteiger partial charge in [0.1, 0.15) is 5.01 Å². The molecule has 34 heavy (non-hydrogen) atoms. The van der Waals surface area contributed by atoms with E-state index in [1.807, 2.05) is 29.2 Å². The molecule has 0 saturated carbocycles. The predicted molar refractivity (Wildman–Crippen MR) is 123 cm³/mol. The number of thiazole rings is 1. The molecule has 7 nitrogen and oxygen atoms in total. The van der Waals surface area contributed by atoms with Gasteiger partial charge >= 0.3 is 12.1 Å². The topological polar surface area (TPSA) is 80.8 Å². The molecular weight excluding hydrogens is 471 g/mol. The number of nitrogens with zero attached hydrogens (tertiary/aromatic N) is 2. The largest absolute Gasteiger partial charge is 0.452 e. The van der Waals surface area contributed by atoms with Crippen molar-refractivity contribution in [1.29, 1.82) is 0 Å². The summed E-state index contributed by atoms with van der Waals surface area (Å²) >= 11 is 1.39. The molecule has 0 unspecified atom stereocenters. The van der Waals surface area contributed by atoms with Crippen molar-refractivity contribution in [3.05, 3.63) is 59.1 Å². The van der Waals surface area contributed by atoms with Crippen LogP contribution in [0, 0.1) is 0 Å². The highest BCUT2D eigenvalue weighted by Gasteiger charge is 2.32. The first-order valence-corrected chi connectivity index (χ1v) is 11.2. The van der Waals surface area contributed by atoms with Gasteiger partial charge in [0.15, 0.2) is 6.61 Å². The molecule has 1 fully saturated rings. The first kappa shape index (κ1) is 23.7. The van der Waals surface area contributed by atoms with Gasteiger partial charge in [0.2, 0.25) is 0 Å². The van der Waals surface area contributed by atoms with Crippen molar-refractivity contribution >= 4 is 50.9 Å². The second kappa shape index (κ2) is 10.2. The number of anilines is 2. The second-order valence-electron chi connectivity index (χ2n) is 7.34. The number of carbonyl (C=O) groups excluding carboxylic acids is 2. The molecule has 1 aliphatic rings. The number of nitrogens with one attached hydrogen (secondary N) is 1. The number of aromatic nitrogens is 1. The van der Waals surface area contributed by atoms with Crippen molar-refractivity contribution in [2.75, 3.05) is 43.1 Å². The van der Waals surface area contributed by atoms with Crippen LogP contribution in [-0.4, -0.2) is 49.8 Å². The fourth-order valence-corrected chi connectivity index (χ4v) is 4.23. The van der Waals surface area contributed by atoms with E-state index in [1.165, 1.54) is 23.5 Å². The van der Waals surface area contributed by atoms with E-state index in [0.29, 0.717) is 37.0 Å². The van der Waals surface area contributed by atoms with E-state index in [1.54, 1.807) is 0 Å². The first-order chi connectivity index (χ1) is 16.3. The average molecular weight is 491 g/mol. The van der Waals surface area contributed by atoms with Crippen LogP contribution in [0.4, 0.5) is 24.5 Å². The lowest BCUT2D eigenvalue weighted by Gasteiger charge is -2.31. The van der Waals surface area contributed by atoms with Crippen LogP contribution >= 0.6 is 11.3 Å². The van der Waals surface area contributed by atoms with E-state index in [2.05, 4.69) is 10.3 Å². The summed E-state index contributed by atoms with van der Waals surface area (Å²) in [5.74, 6) is -1.53. The summed E-state index contributed by atoms with van der Waals surface area (Å²) in [7, 11) is 0. The van der Waals surface area contributed by atoms with E-state index in [-0.39, 0.29) is 5.69 Å². The van der Waals surface area contributed by atoms with Gasteiger partial charge in [-0.2, -0.15) is 13.2 Å². The fraction of sp³-hybridized carbons (Fsp3) is 0.261. The number of para-hydroxylation sites is 1. The third-order valence-electron chi connectivity index (χ3n) is 4.97.